The van der Waals surface area contributed by atoms with Crippen LogP contribution in [0.25, 0.3) is 16.3 Å². The summed E-state index contributed by atoms with van der Waals surface area (Å²) in [5.74, 6) is -0.353. The Bertz CT molecular complexity index is 1040. The summed E-state index contributed by atoms with van der Waals surface area (Å²) >= 11 is 1.38. The van der Waals surface area contributed by atoms with Gasteiger partial charge >= 0.3 is 0 Å². The van der Waals surface area contributed by atoms with Crippen LogP contribution in [0.5, 0.6) is 0 Å². The van der Waals surface area contributed by atoms with Gasteiger partial charge in [-0.15, -0.1) is 5.10 Å². The minimum Gasteiger partial charge on any atom is -0.296 e. The molecule has 0 bridgehead atoms. The largest absolute Gasteiger partial charge is 0.296 e. The Morgan fingerprint density at radius 2 is 1.92 bits per heavy atom. The number of nitrogens with one attached hydrogen (secondary N) is 1. The van der Waals surface area contributed by atoms with Crippen LogP contribution in [0, 0.1) is 6.92 Å². The van der Waals surface area contributed by atoms with Crippen LogP contribution < -0.4 is 5.32 Å². The van der Waals surface area contributed by atoms with Crippen molar-refractivity contribution in [2.75, 3.05) is 5.32 Å². The van der Waals surface area contributed by atoms with E-state index in [2.05, 4.69) is 25.6 Å². The van der Waals surface area contributed by atoms with E-state index in [0.717, 1.165) is 22.0 Å². The molecular weight excluding hydrogens is 348 g/mol. The highest BCUT2D eigenvalue weighted by Gasteiger charge is 2.16. The molecule has 0 saturated heterocycles. The summed E-state index contributed by atoms with van der Waals surface area (Å²) in [7, 11) is 0. The van der Waals surface area contributed by atoms with Gasteiger partial charge in [-0.25, -0.2) is 9.67 Å². The van der Waals surface area contributed by atoms with E-state index in [-0.39, 0.29) is 11.6 Å². The third kappa shape index (κ3) is 3.22. The number of rotatable bonds is 4. The third-order valence-electron chi connectivity index (χ3n) is 3.66. The Labute approximate surface area is 153 Å². The molecule has 0 unspecified atom stereocenters. The van der Waals surface area contributed by atoms with Crippen LogP contribution in [-0.4, -0.2) is 30.9 Å². The van der Waals surface area contributed by atoms with E-state index in [0.29, 0.717) is 5.13 Å². The predicted octanol–water partition coefficient (Wildman–Crippen LogP) is 3.35. The van der Waals surface area contributed by atoms with Gasteiger partial charge in [0.15, 0.2) is 10.8 Å². The molecule has 7 nitrogen and oxygen atoms in total. The first-order valence-electron chi connectivity index (χ1n) is 7.88. The Morgan fingerprint density at radius 1 is 1.12 bits per heavy atom. The zero-order chi connectivity index (χ0) is 17.9. The van der Waals surface area contributed by atoms with Gasteiger partial charge in [0.1, 0.15) is 0 Å². The van der Waals surface area contributed by atoms with Crippen molar-refractivity contribution in [3.8, 4) is 16.3 Å². The molecule has 0 saturated carbocycles. The molecule has 4 aromatic rings. The maximum Gasteiger partial charge on any atom is 0.279 e. The SMILES string of the molecule is Cc1nc(NC(=O)c2cn(-c3ccccc3)nn2)sc1-c1ccccn1. The maximum atomic E-state index is 12.4. The van der Waals surface area contributed by atoms with Gasteiger partial charge in [0, 0.05) is 6.20 Å². The van der Waals surface area contributed by atoms with Gasteiger partial charge in [0.05, 0.1) is 28.1 Å². The zero-order valence-electron chi connectivity index (χ0n) is 13.8. The average Bonchev–Trinajstić information content (AvgIpc) is 3.30. The van der Waals surface area contributed by atoms with Crippen molar-refractivity contribution in [2.45, 2.75) is 6.92 Å². The van der Waals surface area contributed by atoms with Crippen LogP contribution in [0.15, 0.2) is 60.9 Å². The Morgan fingerprint density at radius 3 is 2.69 bits per heavy atom. The van der Waals surface area contributed by atoms with Crippen molar-refractivity contribution in [3.63, 3.8) is 0 Å². The minimum absolute atomic E-state index is 0.223. The van der Waals surface area contributed by atoms with Gasteiger partial charge in [-0.3, -0.25) is 15.1 Å². The highest BCUT2D eigenvalue weighted by atomic mass is 32.1. The average molecular weight is 362 g/mol. The summed E-state index contributed by atoms with van der Waals surface area (Å²) in [6.07, 6.45) is 3.32. The third-order valence-corrected chi connectivity index (χ3v) is 4.76. The molecule has 26 heavy (non-hydrogen) atoms. The van der Waals surface area contributed by atoms with E-state index in [1.807, 2.05) is 55.5 Å². The van der Waals surface area contributed by atoms with E-state index in [9.17, 15) is 4.79 Å². The maximum absolute atomic E-state index is 12.4. The second-order valence-corrected chi connectivity index (χ2v) is 6.49. The molecule has 4 rings (SSSR count). The number of aromatic nitrogens is 5. The number of amides is 1. The van der Waals surface area contributed by atoms with E-state index < -0.39 is 0 Å². The number of benzene rings is 1. The van der Waals surface area contributed by atoms with Crippen LogP contribution in [0.1, 0.15) is 16.2 Å². The summed E-state index contributed by atoms with van der Waals surface area (Å²) in [5, 5.41) is 11.2. The summed E-state index contributed by atoms with van der Waals surface area (Å²) in [6.45, 7) is 1.89. The molecule has 0 atom stereocenters. The summed E-state index contributed by atoms with van der Waals surface area (Å²) in [4.78, 5) is 22.1. The lowest BCUT2D eigenvalue weighted by Gasteiger charge is -1.98. The number of carbonyl (C=O) groups is 1. The zero-order valence-corrected chi connectivity index (χ0v) is 14.6. The second-order valence-electron chi connectivity index (χ2n) is 5.49. The van der Waals surface area contributed by atoms with Crippen LogP contribution in [-0.2, 0) is 0 Å². The van der Waals surface area contributed by atoms with Crippen molar-refractivity contribution in [2.24, 2.45) is 0 Å². The molecule has 0 fully saturated rings. The highest BCUT2D eigenvalue weighted by molar-refractivity contribution is 7.19. The van der Waals surface area contributed by atoms with Gasteiger partial charge in [0.25, 0.3) is 5.91 Å². The number of hydrogen-bond donors (Lipinski definition) is 1. The normalized spacial score (nSPS) is 10.7. The second kappa shape index (κ2) is 6.85. The molecule has 0 aliphatic carbocycles. The lowest BCUT2D eigenvalue weighted by Crippen LogP contribution is -2.12. The molecule has 0 aliphatic rings. The summed E-state index contributed by atoms with van der Waals surface area (Å²) in [6, 6.07) is 15.2. The van der Waals surface area contributed by atoms with Crippen molar-refractivity contribution in [1.29, 1.82) is 0 Å². The fourth-order valence-corrected chi connectivity index (χ4v) is 3.36. The topological polar surface area (TPSA) is 85.6 Å². The lowest BCUT2D eigenvalue weighted by molar-refractivity contribution is 0.102. The molecule has 0 spiro atoms. The highest BCUT2D eigenvalue weighted by Crippen LogP contribution is 2.31. The quantitative estimate of drug-likeness (QED) is 0.602. The first kappa shape index (κ1) is 16.1. The van der Waals surface area contributed by atoms with Gasteiger partial charge in [-0.1, -0.05) is 40.8 Å². The number of hydrogen-bond acceptors (Lipinski definition) is 6. The number of carbonyl (C=O) groups excluding carboxylic acids is 1. The minimum atomic E-state index is -0.353. The van der Waals surface area contributed by atoms with Crippen molar-refractivity contribution < 1.29 is 4.79 Å². The van der Waals surface area contributed by atoms with E-state index in [1.165, 1.54) is 11.3 Å². The number of nitrogens with zero attached hydrogens (tertiary/aromatic N) is 5. The van der Waals surface area contributed by atoms with E-state index in [1.54, 1.807) is 17.1 Å². The van der Waals surface area contributed by atoms with Crippen LogP contribution in [0.4, 0.5) is 5.13 Å². The number of thiazole rings is 1. The Balaban J connectivity index is 1.53. The van der Waals surface area contributed by atoms with Crippen LogP contribution in [0.2, 0.25) is 0 Å². The molecule has 3 heterocycles. The van der Waals surface area contributed by atoms with Crippen LogP contribution in [0.3, 0.4) is 0 Å². The molecular formula is C18H14N6OS. The fourth-order valence-electron chi connectivity index (χ4n) is 2.42. The number of pyridine rings is 1. The molecule has 0 aliphatic heterocycles. The van der Waals surface area contributed by atoms with Gasteiger partial charge in [-0.05, 0) is 31.2 Å². The first-order valence-corrected chi connectivity index (χ1v) is 8.70. The molecule has 1 aromatic carbocycles. The fraction of sp³-hybridized carbons (Fsp3) is 0.0556. The van der Waals surface area contributed by atoms with E-state index >= 15 is 0 Å². The summed E-state index contributed by atoms with van der Waals surface area (Å²) in [5.41, 5.74) is 2.71. The molecule has 128 valence electrons. The number of para-hydroxylation sites is 1. The Kier molecular flexibility index (Phi) is 4.24. The molecule has 0 radical (unpaired) electrons. The van der Waals surface area contributed by atoms with Crippen molar-refractivity contribution in [3.05, 3.63) is 72.3 Å². The molecule has 3 aromatic heterocycles. The van der Waals surface area contributed by atoms with Gasteiger partial charge in [-0.2, -0.15) is 0 Å². The standard InChI is InChI=1S/C18H14N6OS/c1-12-16(14-9-5-6-10-19-14)26-18(20-12)21-17(25)15-11-24(23-22-15)13-7-3-2-4-8-13/h2-11H,1H3,(H,20,21,25). The van der Waals surface area contributed by atoms with E-state index in [4.69, 9.17) is 0 Å². The summed E-state index contributed by atoms with van der Waals surface area (Å²) < 4.78 is 1.56. The monoisotopic (exact) mass is 362 g/mol. The molecule has 8 heteroatoms. The first-order chi connectivity index (χ1) is 12.7. The number of aryl methyl sites for hydroxylation is 1. The predicted molar refractivity (Wildman–Crippen MR) is 99.4 cm³/mol. The smallest absolute Gasteiger partial charge is 0.279 e. The molecule has 1 amide bonds. The lowest BCUT2D eigenvalue weighted by atomic mass is 10.3. The van der Waals surface area contributed by atoms with Gasteiger partial charge < -0.3 is 0 Å². The number of anilines is 1. The van der Waals surface area contributed by atoms with Gasteiger partial charge in [0.2, 0.25) is 0 Å². The van der Waals surface area contributed by atoms with Crippen molar-refractivity contribution >= 4 is 22.4 Å². The Hall–Kier alpha value is -3.39. The van der Waals surface area contributed by atoms with Crippen molar-refractivity contribution in [1.82, 2.24) is 25.0 Å². The molecule has 1 N–H and O–H groups in total. The van der Waals surface area contributed by atoms with Crippen LogP contribution >= 0.6 is 11.3 Å².